The molecule has 0 aliphatic carbocycles. The summed E-state index contributed by atoms with van der Waals surface area (Å²) in [6.45, 7) is 10.1. The summed E-state index contributed by atoms with van der Waals surface area (Å²) in [5, 5.41) is 0.793. The summed E-state index contributed by atoms with van der Waals surface area (Å²) in [5.74, 6) is 2.80. The third-order valence-corrected chi connectivity index (χ3v) is 5.90. The van der Waals surface area contributed by atoms with Crippen LogP contribution in [0.2, 0.25) is 0 Å². The molecule has 1 rings (SSSR count). The maximum Gasteiger partial charge on any atom is 0.326 e. The highest BCUT2D eigenvalue weighted by atomic mass is 32.2. The van der Waals surface area contributed by atoms with Crippen molar-refractivity contribution in [1.82, 2.24) is 9.55 Å². The monoisotopic (exact) mass is 356 g/mol. The first-order chi connectivity index (χ1) is 10.9. The Labute approximate surface area is 150 Å². The van der Waals surface area contributed by atoms with Crippen LogP contribution in [0.1, 0.15) is 59.8 Å². The lowest BCUT2D eigenvalue weighted by molar-refractivity contribution is 0.489. The van der Waals surface area contributed by atoms with Gasteiger partial charge in [-0.3, -0.25) is 4.98 Å². The molecule has 0 fully saturated rings. The number of nitrogens with zero attached hydrogens (tertiary/aromatic N) is 1. The molecule has 0 bridgehead atoms. The second kappa shape index (κ2) is 11.1. The van der Waals surface area contributed by atoms with Crippen molar-refractivity contribution in [2.24, 2.45) is 11.8 Å². The van der Waals surface area contributed by atoms with Crippen LogP contribution in [0.5, 0.6) is 0 Å². The van der Waals surface area contributed by atoms with E-state index < -0.39 is 0 Å². The van der Waals surface area contributed by atoms with E-state index in [0.29, 0.717) is 4.64 Å². The SMILES string of the molecule is CC(C)CC(SCCCCCCn1ccc(=S)[nH]c1=O)C(C)C. The quantitative estimate of drug-likeness (QED) is 0.433. The van der Waals surface area contributed by atoms with Crippen molar-refractivity contribution < 1.29 is 0 Å². The van der Waals surface area contributed by atoms with E-state index in [2.05, 4.69) is 44.4 Å². The largest absolute Gasteiger partial charge is 0.326 e. The molecule has 5 heteroatoms. The number of rotatable bonds is 11. The molecule has 1 atom stereocenters. The summed E-state index contributed by atoms with van der Waals surface area (Å²) in [4.78, 5) is 14.3. The number of H-pyrrole nitrogens is 1. The molecule has 0 aromatic carbocycles. The Morgan fingerprint density at radius 1 is 1.17 bits per heavy atom. The van der Waals surface area contributed by atoms with Gasteiger partial charge in [0.2, 0.25) is 0 Å². The van der Waals surface area contributed by atoms with Gasteiger partial charge in [0.25, 0.3) is 0 Å². The lowest BCUT2D eigenvalue weighted by Crippen LogP contribution is -2.22. The molecule has 0 aliphatic heterocycles. The normalized spacial score (nSPS) is 13.0. The molecule has 3 nitrogen and oxygen atoms in total. The number of aryl methyl sites for hydroxylation is 1. The number of hydrogen-bond acceptors (Lipinski definition) is 3. The summed E-state index contributed by atoms with van der Waals surface area (Å²) in [6.07, 6.45) is 7.86. The molecule has 1 aromatic heterocycles. The molecule has 1 heterocycles. The van der Waals surface area contributed by atoms with Crippen molar-refractivity contribution in [3.05, 3.63) is 27.4 Å². The summed E-state index contributed by atoms with van der Waals surface area (Å²) in [6, 6.07) is 1.77. The number of aromatic amines is 1. The topological polar surface area (TPSA) is 37.8 Å². The minimum absolute atomic E-state index is 0.0958. The van der Waals surface area contributed by atoms with Crippen molar-refractivity contribution in [2.45, 2.75) is 71.6 Å². The fraction of sp³-hybridized carbons (Fsp3) is 0.778. The molecule has 0 aliphatic rings. The zero-order valence-electron chi connectivity index (χ0n) is 15.0. The molecule has 1 aromatic rings. The van der Waals surface area contributed by atoms with E-state index in [1.807, 2.05) is 0 Å². The highest BCUT2D eigenvalue weighted by molar-refractivity contribution is 7.99. The molecule has 0 saturated carbocycles. The molecular weight excluding hydrogens is 324 g/mol. The van der Waals surface area contributed by atoms with Crippen LogP contribution in [0.3, 0.4) is 0 Å². The lowest BCUT2D eigenvalue weighted by Gasteiger charge is -2.22. The number of unbranched alkanes of at least 4 members (excludes halogenated alkanes) is 3. The van der Waals surface area contributed by atoms with Gasteiger partial charge < -0.3 is 4.57 Å². The Bertz CT molecular complexity index is 548. The summed E-state index contributed by atoms with van der Waals surface area (Å²) in [5.41, 5.74) is -0.0958. The highest BCUT2D eigenvalue weighted by Crippen LogP contribution is 2.27. The smallest absolute Gasteiger partial charge is 0.301 e. The van der Waals surface area contributed by atoms with Crippen molar-refractivity contribution in [3.8, 4) is 0 Å². The third kappa shape index (κ3) is 8.75. The van der Waals surface area contributed by atoms with Gasteiger partial charge in [-0.05, 0) is 42.9 Å². The van der Waals surface area contributed by atoms with Crippen LogP contribution in [0.15, 0.2) is 17.1 Å². The van der Waals surface area contributed by atoms with Gasteiger partial charge in [0.1, 0.15) is 4.64 Å². The van der Waals surface area contributed by atoms with Crippen molar-refractivity contribution in [2.75, 3.05) is 5.75 Å². The van der Waals surface area contributed by atoms with Crippen LogP contribution in [0.4, 0.5) is 0 Å². The van der Waals surface area contributed by atoms with E-state index in [0.717, 1.165) is 30.1 Å². The van der Waals surface area contributed by atoms with E-state index in [1.54, 1.807) is 16.8 Å². The van der Waals surface area contributed by atoms with Gasteiger partial charge in [0.05, 0.1) is 0 Å². The first-order valence-corrected chi connectivity index (χ1v) is 10.3. The minimum Gasteiger partial charge on any atom is -0.301 e. The van der Waals surface area contributed by atoms with Gasteiger partial charge in [-0.15, -0.1) is 0 Å². The van der Waals surface area contributed by atoms with E-state index >= 15 is 0 Å². The maximum atomic E-state index is 11.7. The summed E-state index contributed by atoms with van der Waals surface area (Å²) >= 11 is 7.08. The number of nitrogens with one attached hydrogen (secondary N) is 1. The van der Waals surface area contributed by atoms with Crippen LogP contribution in [0.25, 0.3) is 0 Å². The fourth-order valence-electron chi connectivity index (χ4n) is 2.59. The lowest BCUT2D eigenvalue weighted by atomic mass is 10.0. The van der Waals surface area contributed by atoms with Gasteiger partial charge in [0, 0.05) is 18.0 Å². The third-order valence-electron chi connectivity index (χ3n) is 3.97. The van der Waals surface area contributed by atoms with Crippen LogP contribution in [0, 0.1) is 16.5 Å². The zero-order chi connectivity index (χ0) is 17.2. The molecule has 23 heavy (non-hydrogen) atoms. The molecule has 1 unspecified atom stereocenters. The van der Waals surface area contributed by atoms with Gasteiger partial charge >= 0.3 is 5.69 Å². The van der Waals surface area contributed by atoms with Crippen LogP contribution in [-0.4, -0.2) is 20.6 Å². The molecule has 0 amide bonds. The first-order valence-electron chi connectivity index (χ1n) is 8.81. The van der Waals surface area contributed by atoms with Crippen LogP contribution >= 0.6 is 24.0 Å². The van der Waals surface area contributed by atoms with Crippen LogP contribution in [-0.2, 0) is 6.54 Å². The van der Waals surface area contributed by atoms with E-state index in [4.69, 9.17) is 12.2 Å². The zero-order valence-corrected chi connectivity index (χ0v) is 16.6. The van der Waals surface area contributed by atoms with E-state index in [-0.39, 0.29) is 5.69 Å². The van der Waals surface area contributed by atoms with E-state index in [1.165, 1.54) is 31.4 Å². The molecule has 0 saturated heterocycles. The first kappa shape index (κ1) is 20.5. The van der Waals surface area contributed by atoms with Crippen LogP contribution < -0.4 is 5.69 Å². The predicted molar refractivity (Wildman–Crippen MR) is 105 cm³/mol. The molecule has 1 N–H and O–H groups in total. The number of thioether (sulfide) groups is 1. The Kier molecular flexibility index (Phi) is 9.88. The van der Waals surface area contributed by atoms with Gasteiger partial charge in [-0.1, -0.05) is 52.8 Å². The van der Waals surface area contributed by atoms with Crippen molar-refractivity contribution in [3.63, 3.8) is 0 Å². The molecule has 0 radical (unpaired) electrons. The Morgan fingerprint density at radius 3 is 2.48 bits per heavy atom. The highest BCUT2D eigenvalue weighted by Gasteiger charge is 2.14. The van der Waals surface area contributed by atoms with Crippen molar-refractivity contribution in [1.29, 1.82) is 0 Å². The number of aromatic nitrogens is 2. The summed E-state index contributed by atoms with van der Waals surface area (Å²) in [7, 11) is 0. The maximum absolute atomic E-state index is 11.7. The Hall–Kier alpha value is -0.550. The summed E-state index contributed by atoms with van der Waals surface area (Å²) < 4.78 is 2.21. The predicted octanol–water partition coefficient (Wildman–Crippen LogP) is 5.27. The number of hydrogen-bond donors (Lipinski definition) is 1. The average Bonchev–Trinajstić information content (AvgIpc) is 2.46. The Morgan fingerprint density at radius 2 is 1.87 bits per heavy atom. The Balaban J connectivity index is 2.15. The van der Waals surface area contributed by atoms with Crippen molar-refractivity contribution >= 4 is 24.0 Å². The second-order valence-electron chi connectivity index (χ2n) is 7.00. The molecule has 0 spiro atoms. The standard InChI is InChI=1S/C18H32N2OS2/c1-14(2)13-16(15(3)4)23-12-8-6-5-7-10-20-11-9-17(22)19-18(20)21/h9,11,14-16H,5-8,10,12-13H2,1-4H3,(H,19,21,22). The average molecular weight is 357 g/mol. The van der Waals surface area contributed by atoms with Gasteiger partial charge in [0.15, 0.2) is 0 Å². The minimum atomic E-state index is -0.0958. The fourth-order valence-corrected chi connectivity index (χ4v) is 4.32. The van der Waals surface area contributed by atoms with E-state index in [9.17, 15) is 4.79 Å². The van der Waals surface area contributed by atoms with Gasteiger partial charge in [-0.2, -0.15) is 11.8 Å². The molecular formula is C18H32N2OS2. The molecule has 132 valence electrons. The second-order valence-corrected chi connectivity index (χ2v) is 8.79. The van der Waals surface area contributed by atoms with Gasteiger partial charge in [-0.25, -0.2) is 4.79 Å².